The Hall–Kier alpha value is -1.28. The molecule has 0 aliphatic heterocycles. The molecule has 0 spiro atoms. The lowest BCUT2D eigenvalue weighted by Gasteiger charge is -2.10. The van der Waals surface area contributed by atoms with Crippen molar-refractivity contribution < 1.29 is 19.1 Å². The molecule has 0 aromatic rings. The maximum absolute atomic E-state index is 11.0. The monoisotopic (exact) mass is 292 g/mol. The van der Waals surface area contributed by atoms with E-state index in [0.29, 0.717) is 13.2 Å². The molecule has 0 aliphatic rings. The molecular weight excluding hydrogens is 276 g/mol. The van der Waals surface area contributed by atoms with Gasteiger partial charge in [-0.3, -0.25) is 9.59 Å². The zero-order valence-corrected chi connectivity index (χ0v) is 11.9. The van der Waals surface area contributed by atoms with Gasteiger partial charge in [-0.2, -0.15) is 0 Å². The van der Waals surface area contributed by atoms with Crippen LogP contribution in [0.1, 0.15) is 13.8 Å². The highest BCUT2D eigenvalue weighted by Crippen LogP contribution is 1.82. The molecule has 0 fully saturated rings. The van der Waals surface area contributed by atoms with Gasteiger partial charge in [0.2, 0.25) is 0 Å². The van der Waals surface area contributed by atoms with Crippen molar-refractivity contribution in [1.82, 2.24) is 10.6 Å². The van der Waals surface area contributed by atoms with E-state index < -0.39 is 11.9 Å². The molecule has 0 rings (SSSR count). The number of hydrogen-bond donors (Lipinski definition) is 2. The molecule has 0 saturated carbocycles. The van der Waals surface area contributed by atoms with E-state index in [0.717, 1.165) is 0 Å². The van der Waals surface area contributed by atoms with Crippen molar-refractivity contribution in [3.63, 3.8) is 0 Å². The molecule has 0 atom stereocenters. The van der Waals surface area contributed by atoms with Crippen LogP contribution in [0.2, 0.25) is 0 Å². The van der Waals surface area contributed by atoms with Crippen molar-refractivity contribution in [3.05, 3.63) is 0 Å². The lowest BCUT2D eigenvalue weighted by Crippen LogP contribution is -2.41. The van der Waals surface area contributed by atoms with Crippen molar-refractivity contribution >= 4 is 46.4 Å². The second-order valence-electron chi connectivity index (χ2n) is 2.98. The van der Waals surface area contributed by atoms with Crippen LogP contribution in [0.3, 0.4) is 0 Å². The second-order valence-corrected chi connectivity index (χ2v) is 3.79. The zero-order valence-electron chi connectivity index (χ0n) is 10.3. The zero-order chi connectivity index (χ0) is 14.0. The predicted octanol–water partition coefficient (Wildman–Crippen LogP) is -0.0534. The van der Waals surface area contributed by atoms with Crippen LogP contribution in [0.5, 0.6) is 0 Å². The Bertz CT molecular complexity index is 302. The van der Waals surface area contributed by atoms with E-state index in [9.17, 15) is 9.59 Å². The summed E-state index contributed by atoms with van der Waals surface area (Å²) in [6, 6.07) is 0. The molecule has 0 heterocycles. The van der Waals surface area contributed by atoms with Crippen LogP contribution in [0.4, 0.5) is 0 Å². The van der Waals surface area contributed by atoms with Gasteiger partial charge >= 0.3 is 11.9 Å². The molecular formula is C10H16N2O4S2. The minimum atomic E-state index is -0.423. The number of carbonyl (C=O) groups excluding carboxylic acids is 2. The lowest BCUT2D eigenvalue weighted by atomic mass is 10.5. The van der Waals surface area contributed by atoms with Gasteiger partial charge in [0.15, 0.2) is 0 Å². The van der Waals surface area contributed by atoms with Crippen molar-refractivity contribution in [2.75, 3.05) is 26.3 Å². The van der Waals surface area contributed by atoms with Gasteiger partial charge in [-0.25, -0.2) is 0 Å². The fourth-order valence-corrected chi connectivity index (χ4v) is 1.18. The van der Waals surface area contributed by atoms with Crippen LogP contribution >= 0.6 is 24.4 Å². The number of carbonyl (C=O) groups is 2. The van der Waals surface area contributed by atoms with E-state index in [1.54, 1.807) is 13.8 Å². The van der Waals surface area contributed by atoms with Crippen LogP contribution in [-0.4, -0.2) is 48.2 Å². The number of ether oxygens (including phenoxy) is 2. The average Bonchev–Trinajstić information content (AvgIpc) is 2.33. The summed E-state index contributed by atoms with van der Waals surface area (Å²) < 4.78 is 9.41. The first kappa shape index (κ1) is 16.7. The summed E-state index contributed by atoms with van der Waals surface area (Å²) in [7, 11) is 0. The second kappa shape index (κ2) is 9.72. The Morgan fingerprint density at radius 3 is 1.50 bits per heavy atom. The van der Waals surface area contributed by atoms with E-state index in [-0.39, 0.29) is 23.1 Å². The largest absolute Gasteiger partial charge is 0.465 e. The number of rotatable bonds is 6. The van der Waals surface area contributed by atoms with Crippen molar-refractivity contribution in [3.8, 4) is 0 Å². The van der Waals surface area contributed by atoms with Gasteiger partial charge in [0.05, 0.1) is 13.2 Å². The maximum atomic E-state index is 11.0. The first-order chi connectivity index (χ1) is 8.51. The Morgan fingerprint density at radius 1 is 0.889 bits per heavy atom. The van der Waals surface area contributed by atoms with Gasteiger partial charge in [-0.05, 0) is 13.8 Å². The standard InChI is InChI=1S/C10H16N2O4S2/c1-3-15-7(13)5-11-9(17)10(18)12-6-8(14)16-4-2/h3-6H2,1-2H3,(H,11,17)(H,12,18). The van der Waals surface area contributed by atoms with Crippen molar-refractivity contribution in [1.29, 1.82) is 0 Å². The highest BCUT2D eigenvalue weighted by molar-refractivity contribution is 7.89. The van der Waals surface area contributed by atoms with Gasteiger partial charge in [0.25, 0.3) is 0 Å². The third kappa shape index (κ3) is 7.91. The van der Waals surface area contributed by atoms with Gasteiger partial charge in [-0.15, -0.1) is 0 Å². The predicted molar refractivity (Wildman–Crippen MR) is 74.5 cm³/mol. The summed E-state index contributed by atoms with van der Waals surface area (Å²) in [5.41, 5.74) is 0. The van der Waals surface area contributed by atoms with E-state index in [1.807, 2.05) is 0 Å². The third-order valence-electron chi connectivity index (χ3n) is 1.60. The first-order valence-corrected chi connectivity index (χ1v) is 6.20. The molecule has 18 heavy (non-hydrogen) atoms. The number of nitrogens with one attached hydrogen (secondary N) is 2. The van der Waals surface area contributed by atoms with Crippen LogP contribution in [-0.2, 0) is 19.1 Å². The summed E-state index contributed by atoms with van der Waals surface area (Å²) in [5.74, 6) is -0.846. The van der Waals surface area contributed by atoms with Crippen molar-refractivity contribution in [2.45, 2.75) is 13.8 Å². The Balaban J connectivity index is 3.86. The summed E-state index contributed by atoms with van der Waals surface area (Å²) >= 11 is 9.84. The van der Waals surface area contributed by atoms with E-state index in [4.69, 9.17) is 33.9 Å². The fourth-order valence-electron chi connectivity index (χ4n) is 0.889. The highest BCUT2D eigenvalue weighted by atomic mass is 32.1. The third-order valence-corrected chi connectivity index (χ3v) is 2.43. The molecule has 0 aliphatic carbocycles. The van der Waals surface area contributed by atoms with Gasteiger partial charge < -0.3 is 20.1 Å². The molecule has 102 valence electrons. The highest BCUT2D eigenvalue weighted by Gasteiger charge is 2.09. The van der Waals surface area contributed by atoms with Gasteiger partial charge in [-0.1, -0.05) is 24.4 Å². The van der Waals surface area contributed by atoms with Crippen LogP contribution in [0.25, 0.3) is 0 Å². The average molecular weight is 292 g/mol. The smallest absolute Gasteiger partial charge is 0.325 e. The van der Waals surface area contributed by atoms with Crippen LogP contribution < -0.4 is 10.6 Å². The molecule has 0 saturated heterocycles. The molecule has 0 bridgehead atoms. The van der Waals surface area contributed by atoms with Gasteiger partial charge in [0.1, 0.15) is 23.1 Å². The molecule has 0 aromatic carbocycles. The Labute approximate surface area is 116 Å². The Morgan fingerprint density at radius 2 is 1.22 bits per heavy atom. The fraction of sp³-hybridized carbons (Fsp3) is 0.600. The SMILES string of the molecule is CCOC(=O)CNC(=S)C(=S)NCC(=O)OCC. The number of thiocarbonyl (C=S) groups is 2. The molecule has 0 unspecified atom stereocenters. The first-order valence-electron chi connectivity index (χ1n) is 5.38. The van der Waals surface area contributed by atoms with E-state index in [1.165, 1.54) is 0 Å². The van der Waals surface area contributed by atoms with Crippen molar-refractivity contribution in [2.24, 2.45) is 0 Å². The Kier molecular flexibility index (Phi) is 9.03. The lowest BCUT2D eigenvalue weighted by molar-refractivity contribution is -0.142. The number of esters is 2. The molecule has 2 N–H and O–H groups in total. The summed E-state index contributed by atoms with van der Waals surface area (Å²) in [4.78, 5) is 22.4. The topological polar surface area (TPSA) is 76.7 Å². The van der Waals surface area contributed by atoms with Crippen LogP contribution in [0, 0.1) is 0 Å². The van der Waals surface area contributed by atoms with Crippen LogP contribution in [0.15, 0.2) is 0 Å². The van der Waals surface area contributed by atoms with E-state index in [2.05, 4.69) is 10.6 Å². The molecule has 0 aromatic heterocycles. The normalized spacial score (nSPS) is 9.22. The minimum absolute atomic E-state index is 0.0616. The summed E-state index contributed by atoms with van der Waals surface area (Å²) in [6.45, 7) is 3.91. The van der Waals surface area contributed by atoms with Gasteiger partial charge in [0, 0.05) is 0 Å². The summed E-state index contributed by atoms with van der Waals surface area (Å²) in [6.07, 6.45) is 0. The quantitative estimate of drug-likeness (QED) is 0.521. The molecule has 8 heteroatoms. The van der Waals surface area contributed by atoms with E-state index >= 15 is 0 Å². The maximum Gasteiger partial charge on any atom is 0.325 e. The molecule has 0 amide bonds. The molecule has 6 nitrogen and oxygen atoms in total. The number of hydrogen-bond acceptors (Lipinski definition) is 6. The minimum Gasteiger partial charge on any atom is -0.465 e. The molecule has 0 radical (unpaired) electrons. The summed E-state index contributed by atoms with van der Waals surface area (Å²) in [5, 5.41) is 5.25.